The maximum absolute atomic E-state index is 12.3. The van der Waals surface area contributed by atoms with Crippen LogP contribution in [0.2, 0.25) is 0 Å². The van der Waals surface area contributed by atoms with Gasteiger partial charge in [0, 0.05) is 51.8 Å². The molecule has 2 aromatic rings. The van der Waals surface area contributed by atoms with E-state index in [2.05, 4.69) is 40.5 Å². The summed E-state index contributed by atoms with van der Waals surface area (Å²) < 4.78 is 0. The lowest BCUT2D eigenvalue weighted by molar-refractivity contribution is -0.128. The first-order valence-electron chi connectivity index (χ1n) is 11.7. The topological polar surface area (TPSA) is 68.2 Å². The molecule has 7 heteroatoms. The van der Waals surface area contributed by atoms with Gasteiger partial charge in [0.2, 0.25) is 11.8 Å². The molecule has 0 spiro atoms. The minimum atomic E-state index is -0.000936. The third-order valence-electron chi connectivity index (χ3n) is 6.40. The minimum absolute atomic E-state index is 0.000936. The van der Waals surface area contributed by atoms with Crippen molar-refractivity contribution in [3.8, 4) is 0 Å². The Bertz CT molecular complexity index is 1000. The number of likely N-dealkylation sites (N-methyl/N-ethyl adjacent to an activating group) is 1. The molecule has 174 valence electrons. The van der Waals surface area contributed by atoms with Gasteiger partial charge < -0.3 is 20.0 Å². The van der Waals surface area contributed by atoms with Gasteiger partial charge in [-0.25, -0.2) is 4.99 Å². The van der Waals surface area contributed by atoms with Crippen LogP contribution in [0.5, 0.6) is 0 Å². The van der Waals surface area contributed by atoms with Gasteiger partial charge in [-0.2, -0.15) is 0 Å². The second-order valence-electron chi connectivity index (χ2n) is 8.91. The molecule has 7 nitrogen and oxygen atoms in total. The van der Waals surface area contributed by atoms with Crippen molar-refractivity contribution < 1.29 is 9.59 Å². The Morgan fingerprint density at radius 2 is 1.88 bits per heavy atom. The molecule has 0 aliphatic carbocycles. The molecule has 2 amide bonds. The zero-order valence-corrected chi connectivity index (χ0v) is 19.5. The number of hydrogen-bond acceptors (Lipinski definition) is 3. The molecule has 2 aliphatic heterocycles. The van der Waals surface area contributed by atoms with Crippen LogP contribution in [-0.4, -0.2) is 67.8 Å². The van der Waals surface area contributed by atoms with Gasteiger partial charge in [-0.1, -0.05) is 48.5 Å². The summed E-state index contributed by atoms with van der Waals surface area (Å²) in [5, 5.41) is 3.30. The van der Waals surface area contributed by atoms with E-state index in [0.717, 1.165) is 43.7 Å². The highest BCUT2D eigenvalue weighted by atomic mass is 16.2. The van der Waals surface area contributed by atoms with E-state index in [1.807, 2.05) is 29.2 Å². The highest BCUT2D eigenvalue weighted by molar-refractivity contribution is 6.00. The van der Waals surface area contributed by atoms with Crippen LogP contribution in [0, 0.1) is 0 Å². The van der Waals surface area contributed by atoms with Gasteiger partial charge in [0.05, 0.1) is 13.1 Å². The number of para-hydroxylation sites is 1. The molecular formula is C26H33N5O2. The van der Waals surface area contributed by atoms with E-state index in [1.54, 1.807) is 19.0 Å². The second kappa shape index (κ2) is 10.5. The number of benzene rings is 2. The number of likely N-dealkylation sites (tertiary alicyclic amines) is 1. The highest BCUT2D eigenvalue weighted by Gasteiger charge is 2.32. The Morgan fingerprint density at radius 3 is 2.61 bits per heavy atom. The van der Waals surface area contributed by atoms with Crippen LogP contribution in [0.3, 0.4) is 0 Å². The average Bonchev–Trinajstić information content (AvgIpc) is 3.41. The Hall–Kier alpha value is -3.35. The summed E-state index contributed by atoms with van der Waals surface area (Å²) in [6.07, 6.45) is 2.56. The van der Waals surface area contributed by atoms with Gasteiger partial charge in [0.15, 0.2) is 5.96 Å². The first kappa shape index (κ1) is 22.8. The first-order chi connectivity index (χ1) is 16.0. The molecule has 1 fully saturated rings. The smallest absolute Gasteiger partial charge is 0.241 e. The van der Waals surface area contributed by atoms with Crippen LogP contribution in [0.25, 0.3) is 0 Å². The molecule has 0 aromatic heterocycles. The number of fused-ring (bicyclic) bond motifs is 1. The molecule has 33 heavy (non-hydrogen) atoms. The number of anilines is 1. The number of carbonyl (C=O) groups is 2. The van der Waals surface area contributed by atoms with E-state index in [4.69, 9.17) is 4.99 Å². The Balaban J connectivity index is 1.54. The maximum Gasteiger partial charge on any atom is 0.241 e. The van der Waals surface area contributed by atoms with Crippen LogP contribution >= 0.6 is 0 Å². The molecular weight excluding hydrogens is 414 g/mol. The van der Waals surface area contributed by atoms with Crippen LogP contribution in [0.1, 0.15) is 36.3 Å². The lowest BCUT2D eigenvalue weighted by atomic mass is 9.98. The molecule has 1 saturated heterocycles. The van der Waals surface area contributed by atoms with Crippen LogP contribution in [0.4, 0.5) is 5.69 Å². The molecule has 0 bridgehead atoms. The molecule has 2 aromatic carbocycles. The Kier molecular flexibility index (Phi) is 7.27. The number of amides is 2. The van der Waals surface area contributed by atoms with Crippen molar-refractivity contribution in [1.29, 1.82) is 0 Å². The number of carbonyl (C=O) groups excluding carboxylic acids is 2. The van der Waals surface area contributed by atoms with E-state index in [9.17, 15) is 9.59 Å². The zero-order valence-electron chi connectivity index (χ0n) is 19.5. The van der Waals surface area contributed by atoms with Gasteiger partial charge in [-0.15, -0.1) is 0 Å². The van der Waals surface area contributed by atoms with Crippen molar-refractivity contribution in [3.05, 3.63) is 65.7 Å². The van der Waals surface area contributed by atoms with Gasteiger partial charge >= 0.3 is 0 Å². The van der Waals surface area contributed by atoms with Crippen LogP contribution < -0.4 is 10.2 Å². The molecule has 0 radical (unpaired) electrons. The molecule has 2 heterocycles. The fraction of sp³-hybridized carbons (Fsp3) is 0.423. The molecule has 1 atom stereocenters. The van der Waals surface area contributed by atoms with Crippen LogP contribution in [-0.2, 0) is 16.1 Å². The molecule has 1 N–H and O–H groups in total. The highest BCUT2D eigenvalue weighted by Crippen LogP contribution is 2.38. The molecule has 4 rings (SSSR count). The zero-order chi connectivity index (χ0) is 23.2. The number of nitrogens with zero attached hydrogens (tertiary/aromatic N) is 4. The number of nitrogens with one attached hydrogen (secondary N) is 1. The third-order valence-corrected chi connectivity index (χ3v) is 6.40. The fourth-order valence-electron chi connectivity index (χ4n) is 4.49. The van der Waals surface area contributed by atoms with Gasteiger partial charge in [-0.3, -0.25) is 9.59 Å². The normalized spacial score (nSPS) is 17.9. The lowest BCUT2D eigenvalue weighted by Gasteiger charge is -2.24. The second-order valence-corrected chi connectivity index (χ2v) is 8.91. The fourth-order valence-corrected chi connectivity index (χ4v) is 4.49. The summed E-state index contributed by atoms with van der Waals surface area (Å²) in [5.41, 5.74) is 3.51. The first-order valence-corrected chi connectivity index (χ1v) is 11.7. The summed E-state index contributed by atoms with van der Waals surface area (Å²) in [6, 6.07) is 18.5. The molecule has 1 unspecified atom stereocenters. The van der Waals surface area contributed by atoms with E-state index in [-0.39, 0.29) is 18.4 Å². The van der Waals surface area contributed by atoms with E-state index in [1.165, 1.54) is 5.56 Å². The van der Waals surface area contributed by atoms with Crippen molar-refractivity contribution in [2.75, 3.05) is 45.2 Å². The van der Waals surface area contributed by atoms with Crippen LogP contribution in [0.15, 0.2) is 59.6 Å². The summed E-state index contributed by atoms with van der Waals surface area (Å²) in [7, 11) is 3.51. The van der Waals surface area contributed by atoms with E-state index in [0.29, 0.717) is 24.8 Å². The third kappa shape index (κ3) is 5.53. The average molecular weight is 448 g/mol. The lowest BCUT2D eigenvalue weighted by Crippen LogP contribution is -2.45. The van der Waals surface area contributed by atoms with Crippen molar-refractivity contribution in [3.63, 3.8) is 0 Å². The minimum Gasteiger partial charge on any atom is -0.347 e. The summed E-state index contributed by atoms with van der Waals surface area (Å²) in [5.74, 6) is 1.29. The Labute approximate surface area is 196 Å². The predicted octanol–water partition coefficient (Wildman–Crippen LogP) is 2.84. The van der Waals surface area contributed by atoms with Crippen molar-refractivity contribution >= 4 is 23.5 Å². The van der Waals surface area contributed by atoms with Gasteiger partial charge in [-0.05, 0) is 30.0 Å². The Morgan fingerprint density at radius 1 is 1.12 bits per heavy atom. The SMILES string of the molecule is CN(C)C(=O)CNC(=NCc1ccccc1)N1CC(CCN2CCCC2=O)c2ccccc21. The molecule has 2 aliphatic rings. The standard InChI is InChI=1S/C26H33N5O2/c1-29(2)25(33)18-28-26(27-17-20-9-4-3-5-10-20)31-19-21(22-11-6-7-12-23(22)31)14-16-30-15-8-13-24(30)32/h3-7,9-12,21H,8,13-19H2,1-2H3,(H,27,28). The number of aliphatic imine (C=N–C) groups is 1. The van der Waals surface area contributed by atoms with Gasteiger partial charge in [0.25, 0.3) is 0 Å². The monoisotopic (exact) mass is 447 g/mol. The van der Waals surface area contributed by atoms with E-state index < -0.39 is 0 Å². The van der Waals surface area contributed by atoms with E-state index >= 15 is 0 Å². The maximum atomic E-state index is 12.3. The number of rotatable bonds is 7. The summed E-state index contributed by atoms with van der Waals surface area (Å²) in [6.45, 7) is 3.15. The summed E-state index contributed by atoms with van der Waals surface area (Å²) in [4.78, 5) is 35.0. The van der Waals surface area contributed by atoms with Crippen molar-refractivity contribution in [2.24, 2.45) is 4.99 Å². The summed E-state index contributed by atoms with van der Waals surface area (Å²) >= 11 is 0. The predicted molar refractivity (Wildman–Crippen MR) is 131 cm³/mol. The largest absolute Gasteiger partial charge is 0.347 e. The number of guanidine groups is 1. The number of hydrogen-bond donors (Lipinski definition) is 1. The van der Waals surface area contributed by atoms with Crippen molar-refractivity contribution in [1.82, 2.24) is 15.1 Å². The van der Waals surface area contributed by atoms with Crippen molar-refractivity contribution in [2.45, 2.75) is 31.7 Å². The van der Waals surface area contributed by atoms with Gasteiger partial charge in [0.1, 0.15) is 0 Å². The molecule has 0 saturated carbocycles. The quantitative estimate of drug-likeness (QED) is 0.524.